The first-order chi connectivity index (χ1) is 12.8. The molecular weight excluding hydrogens is 366 g/mol. The van der Waals surface area contributed by atoms with Crippen molar-refractivity contribution in [1.29, 1.82) is 0 Å². The summed E-state index contributed by atoms with van der Waals surface area (Å²) in [5.41, 5.74) is 0.926. The second-order valence-electron chi connectivity index (χ2n) is 6.18. The molecule has 1 N–H and O–H groups in total. The van der Waals surface area contributed by atoms with Gasteiger partial charge in [0.05, 0.1) is 17.5 Å². The molecule has 0 saturated carbocycles. The van der Waals surface area contributed by atoms with Crippen LogP contribution in [0.25, 0.3) is 11.0 Å². The number of rotatable bonds is 7. The Morgan fingerprint density at radius 3 is 2.63 bits per heavy atom. The van der Waals surface area contributed by atoms with Crippen molar-refractivity contribution < 1.29 is 22.4 Å². The highest BCUT2D eigenvalue weighted by Gasteiger charge is 2.22. The van der Waals surface area contributed by atoms with Gasteiger partial charge in [0.15, 0.2) is 17.1 Å². The predicted molar refractivity (Wildman–Crippen MR) is 103 cm³/mol. The third-order valence-corrected chi connectivity index (χ3v) is 5.67. The van der Waals surface area contributed by atoms with E-state index in [1.165, 1.54) is 19.1 Å². The largest absolute Gasteiger partial charge is 0.490 e. The molecule has 6 nitrogen and oxygen atoms in total. The van der Waals surface area contributed by atoms with E-state index in [1.54, 1.807) is 31.2 Å². The molecule has 1 atom stereocenters. The number of nitrogens with one attached hydrogen (secondary N) is 1. The second kappa shape index (κ2) is 7.54. The van der Waals surface area contributed by atoms with Crippen molar-refractivity contribution in [3.05, 3.63) is 59.9 Å². The number of furan rings is 1. The van der Waals surface area contributed by atoms with E-state index in [0.29, 0.717) is 29.3 Å². The van der Waals surface area contributed by atoms with Gasteiger partial charge in [0.2, 0.25) is 10.0 Å². The molecule has 1 unspecified atom stereocenters. The van der Waals surface area contributed by atoms with Crippen LogP contribution < -0.4 is 9.46 Å². The maximum Gasteiger partial charge on any atom is 0.241 e. The number of fused-ring (bicyclic) bond motifs is 1. The molecule has 1 aromatic heterocycles. The Balaban J connectivity index is 1.89. The highest BCUT2D eigenvalue weighted by molar-refractivity contribution is 7.89. The number of para-hydroxylation sites is 1. The number of sulfonamides is 1. The Morgan fingerprint density at radius 1 is 1.19 bits per heavy atom. The van der Waals surface area contributed by atoms with Crippen molar-refractivity contribution in [1.82, 2.24) is 4.72 Å². The number of hydrogen-bond acceptors (Lipinski definition) is 5. The van der Waals surface area contributed by atoms with E-state index in [1.807, 2.05) is 19.1 Å². The van der Waals surface area contributed by atoms with Crippen LogP contribution in [-0.2, 0) is 10.0 Å². The standard InChI is InChI=1S/C20H21NO5S/c1-4-25-18-10-6-8-16-12-19(26-20(16)18)13(2)21-27(23,24)17-9-5-7-15(11-17)14(3)22/h5-13,21H,4H2,1-3H3. The minimum Gasteiger partial charge on any atom is -0.490 e. The van der Waals surface area contributed by atoms with Crippen LogP contribution in [0.15, 0.2) is 57.8 Å². The van der Waals surface area contributed by atoms with Gasteiger partial charge in [-0.3, -0.25) is 4.79 Å². The van der Waals surface area contributed by atoms with Crippen molar-refractivity contribution in [2.24, 2.45) is 0 Å². The quantitative estimate of drug-likeness (QED) is 0.618. The van der Waals surface area contributed by atoms with Crippen molar-refractivity contribution >= 4 is 26.8 Å². The third kappa shape index (κ3) is 4.04. The lowest BCUT2D eigenvalue weighted by Gasteiger charge is -2.12. The minimum absolute atomic E-state index is 0.0353. The topological polar surface area (TPSA) is 85.6 Å². The Bertz CT molecular complexity index is 1080. The van der Waals surface area contributed by atoms with Gasteiger partial charge in [-0.15, -0.1) is 0 Å². The SMILES string of the molecule is CCOc1cccc2cc(C(C)NS(=O)(=O)c3cccc(C(C)=O)c3)oc12. The lowest BCUT2D eigenvalue weighted by Crippen LogP contribution is -2.26. The van der Waals surface area contributed by atoms with Crippen molar-refractivity contribution in [3.63, 3.8) is 0 Å². The molecule has 142 valence electrons. The van der Waals surface area contributed by atoms with Gasteiger partial charge >= 0.3 is 0 Å². The molecule has 1 heterocycles. The molecular formula is C20H21NO5S. The number of ether oxygens (including phenoxy) is 1. The first-order valence-corrected chi connectivity index (χ1v) is 10.1. The van der Waals surface area contributed by atoms with Crippen LogP contribution in [0.3, 0.4) is 0 Å². The van der Waals surface area contributed by atoms with Gasteiger partial charge in [0, 0.05) is 10.9 Å². The Morgan fingerprint density at radius 2 is 1.93 bits per heavy atom. The summed E-state index contributed by atoms with van der Waals surface area (Å²) in [5, 5.41) is 0.834. The maximum absolute atomic E-state index is 12.7. The molecule has 2 aromatic carbocycles. The van der Waals surface area contributed by atoms with Gasteiger partial charge in [-0.1, -0.05) is 24.3 Å². The normalized spacial score (nSPS) is 12.9. The Labute approximate surface area is 158 Å². The molecule has 0 fully saturated rings. The number of carbonyl (C=O) groups is 1. The fraction of sp³-hybridized carbons (Fsp3) is 0.250. The summed E-state index contributed by atoms with van der Waals surface area (Å²) in [6, 6.07) is 12.7. The van der Waals surface area contributed by atoms with Gasteiger partial charge in [0.25, 0.3) is 0 Å². The van der Waals surface area contributed by atoms with Crippen molar-refractivity contribution in [2.45, 2.75) is 31.7 Å². The van der Waals surface area contributed by atoms with Crippen molar-refractivity contribution in [2.75, 3.05) is 6.61 Å². The predicted octanol–water partition coefficient (Wildman–Crippen LogP) is 4.07. The van der Waals surface area contributed by atoms with E-state index in [0.717, 1.165) is 5.39 Å². The first kappa shape index (κ1) is 19.1. The van der Waals surface area contributed by atoms with Crippen LogP contribution in [0.5, 0.6) is 5.75 Å². The smallest absolute Gasteiger partial charge is 0.241 e. The summed E-state index contributed by atoms with van der Waals surface area (Å²) in [7, 11) is -3.81. The summed E-state index contributed by atoms with van der Waals surface area (Å²) < 4.78 is 39.4. The maximum atomic E-state index is 12.7. The highest BCUT2D eigenvalue weighted by Crippen LogP contribution is 2.31. The number of carbonyl (C=O) groups excluding carboxylic acids is 1. The molecule has 0 aliphatic carbocycles. The van der Waals surface area contributed by atoms with Gasteiger partial charge < -0.3 is 9.15 Å². The van der Waals surface area contributed by atoms with E-state index >= 15 is 0 Å². The molecule has 0 saturated heterocycles. The van der Waals surface area contributed by atoms with Crippen LogP contribution in [-0.4, -0.2) is 20.8 Å². The third-order valence-electron chi connectivity index (χ3n) is 4.14. The first-order valence-electron chi connectivity index (χ1n) is 8.60. The zero-order valence-electron chi connectivity index (χ0n) is 15.4. The van der Waals surface area contributed by atoms with E-state index in [9.17, 15) is 13.2 Å². The number of Topliss-reactive ketones (excluding diaryl/α,β-unsaturated/α-hetero) is 1. The highest BCUT2D eigenvalue weighted by atomic mass is 32.2. The fourth-order valence-electron chi connectivity index (χ4n) is 2.78. The summed E-state index contributed by atoms with van der Waals surface area (Å²) >= 11 is 0. The zero-order valence-corrected chi connectivity index (χ0v) is 16.2. The number of hydrogen-bond donors (Lipinski definition) is 1. The van der Waals surface area contributed by atoms with Gasteiger partial charge in [-0.2, -0.15) is 0 Å². The lowest BCUT2D eigenvalue weighted by atomic mass is 10.2. The molecule has 3 rings (SSSR count). The molecule has 0 amide bonds. The lowest BCUT2D eigenvalue weighted by molar-refractivity contribution is 0.101. The van der Waals surface area contributed by atoms with Crippen LogP contribution >= 0.6 is 0 Å². The molecule has 3 aromatic rings. The van der Waals surface area contributed by atoms with Crippen LogP contribution in [0.4, 0.5) is 0 Å². The average molecular weight is 387 g/mol. The van der Waals surface area contributed by atoms with Crippen LogP contribution in [0.1, 0.15) is 42.9 Å². The summed E-state index contributed by atoms with van der Waals surface area (Å²) in [6.07, 6.45) is 0. The van der Waals surface area contributed by atoms with Crippen LogP contribution in [0, 0.1) is 0 Å². The molecule has 27 heavy (non-hydrogen) atoms. The van der Waals surface area contributed by atoms with E-state index in [-0.39, 0.29) is 10.7 Å². The molecule has 7 heteroatoms. The van der Waals surface area contributed by atoms with E-state index < -0.39 is 16.1 Å². The second-order valence-corrected chi connectivity index (χ2v) is 7.90. The monoisotopic (exact) mass is 387 g/mol. The van der Waals surface area contributed by atoms with Crippen molar-refractivity contribution in [3.8, 4) is 5.75 Å². The summed E-state index contributed by atoms with van der Waals surface area (Å²) in [6.45, 7) is 5.48. The summed E-state index contributed by atoms with van der Waals surface area (Å²) in [5.74, 6) is 0.898. The fourth-order valence-corrected chi connectivity index (χ4v) is 4.04. The van der Waals surface area contributed by atoms with E-state index in [4.69, 9.17) is 9.15 Å². The zero-order chi connectivity index (χ0) is 19.6. The number of ketones is 1. The Kier molecular flexibility index (Phi) is 5.34. The van der Waals surface area contributed by atoms with E-state index in [2.05, 4.69) is 4.72 Å². The molecule has 0 spiro atoms. The molecule has 0 aliphatic rings. The summed E-state index contributed by atoms with van der Waals surface area (Å²) in [4.78, 5) is 11.5. The van der Waals surface area contributed by atoms with Gasteiger partial charge in [-0.05, 0) is 45.0 Å². The number of benzene rings is 2. The molecule has 0 radical (unpaired) electrons. The van der Waals surface area contributed by atoms with Gasteiger partial charge in [0.1, 0.15) is 5.76 Å². The molecule has 0 bridgehead atoms. The Hall–Kier alpha value is -2.64. The minimum atomic E-state index is -3.81. The molecule has 0 aliphatic heterocycles. The average Bonchev–Trinajstić information content (AvgIpc) is 3.07. The van der Waals surface area contributed by atoms with Crippen LogP contribution in [0.2, 0.25) is 0 Å². The van der Waals surface area contributed by atoms with Gasteiger partial charge in [-0.25, -0.2) is 13.1 Å².